The van der Waals surface area contributed by atoms with Gasteiger partial charge in [-0.25, -0.2) is 4.98 Å². The summed E-state index contributed by atoms with van der Waals surface area (Å²) < 4.78 is 5.24. The number of hydrogen-bond donors (Lipinski definition) is 2. The molecule has 6 nitrogen and oxygen atoms in total. The summed E-state index contributed by atoms with van der Waals surface area (Å²) in [5.41, 5.74) is 2.06. The van der Waals surface area contributed by atoms with E-state index in [2.05, 4.69) is 23.8 Å². The van der Waals surface area contributed by atoms with Crippen LogP contribution < -0.4 is 4.74 Å². The van der Waals surface area contributed by atoms with E-state index in [4.69, 9.17) is 4.74 Å². The standard InChI is InChI=1S/C20H27N3O3/c1-14-17(22-13-21-14)11-23(9-10-24)18(25)20(12-19(20,2)3)15-5-7-16(26-4)8-6-15/h5-8,13,24H,9-12H2,1-4H3,(H,21,22). The predicted octanol–water partition coefficient (Wildman–Crippen LogP) is 2.42. The fourth-order valence-corrected chi connectivity index (χ4v) is 3.85. The van der Waals surface area contributed by atoms with Crippen LogP contribution in [0.1, 0.15) is 37.2 Å². The van der Waals surface area contributed by atoms with E-state index in [1.807, 2.05) is 31.2 Å². The Labute approximate surface area is 154 Å². The first-order chi connectivity index (χ1) is 12.4. The molecule has 1 aromatic carbocycles. The number of aliphatic hydroxyl groups excluding tert-OH is 1. The molecule has 1 atom stereocenters. The summed E-state index contributed by atoms with van der Waals surface area (Å²) in [7, 11) is 1.63. The molecule has 0 radical (unpaired) electrons. The van der Waals surface area contributed by atoms with Crippen molar-refractivity contribution in [3.63, 3.8) is 0 Å². The van der Waals surface area contributed by atoms with Crippen molar-refractivity contribution in [1.29, 1.82) is 0 Å². The van der Waals surface area contributed by atoms with Gasteiger partial charge in [0.1, 0.15) is 5.75 Å². The van der Waals surface area contributed by atoms with Crippen molar-refractivity contribution < 1.29 is 14.6 Å². The smallest absolute Gasteiger partial charge is 0.234 e. The third-order valence-electron chi connectivity index (χ3n) is 5.62. The average Bonchev–Trinajstić information content (AvgIpc) is 3.00. The molecule has 0 saturated heterocycles. The van der Waals surface area contributed by atoms with Crippen LogP contribution in [0.15, 0.2) is 30.6 Å². The van der Waals surface area contributed by atoms with E-state index in [0.29, 0.717) is 13.1 Å². The van der Waals surface area contributed by atoms with Crippen molar-refractivity contribution in [2.75, 3.05) is 20.3 Å². The number of hydrogen-bond acceptors (Lipinski definition) is 4. The molecule has 3 rings (SSSR count). The highest BCUT2D eigenvalue weighted by Gasteiger charge is 2.67. The summed E-state index contributed by atoms with van der Waals surface area (Å²) in [5, 5.41) is 9.50. The number of benzene rings is 1. The van der Waals surface area contributed by atoms with Crippen molar-refractivity contribution in [2.45, 2.75) is 39.2 Å². The first-order valence-electron chi connectivity index (χ1n) is 8.89. The number of amides is 1. The van der Waals surface area contributed by atoms with E-state index < -0.39 is 5.41 Å². The number of ether oxygens (including phenoxy) is 1. The molecule has 140 valence electrons. The van der Waals surface area contributed by atoms with Gasteiger partial charge >= 0.3 is 0 Å². The molecule has 2 aromatic rings. The van der Waals surface area contributed by atoms with Crippen LogP contribution in [0.25, 0.3) is 0 Å². The lowest BCUT2D eigenvalue weighted by molar-refractivity contribution is -0.136. The maximum absolute atomic E-state index is 13.6. The fraction of sp³-hybridized carbons (Fsp3) is 0.500. The number of rotatable bonds is 7. The van der Waals surface area contributed by atoms with Gasteiger partial charge in [0, 0.05) is 12.2 Å². The molecule has 1 amide bonds. The van der Waals surface area contributed by atoms with Crippen LogP contribution in [-0.2, 0) is 16.8 Å². The minimum atomic E-state index is -0.571. The third kappa shape index (κ3) is 2.98. The van der Waals surface area contributed by atoms with Crippen molar-refractivity contribution in [3.8, 4) is 5.75 Å². The van der Waals surface area contributed by atoms with Crippen molar-refractivity contribution in [3.05, 3.63) is 47.5 Å². The summed E-state index contributed by atoms with van der Waals surface area (Å²) >= 11 is 0. The number of aryl methyl sites for hydroxylation is 1. The second-order valence-electron chi connectivity index (χ2n) is 7.62. The van der Waals surface area contributed by atoms with Gasteiger partial charge in [0.15, 0.2) is 0 Å². The zero-order chi connectivity index (χ0) is 18.9. The third-order valence-corrected chi connectivity index (χ3v) is 5.62. The molecule has 26 heavy (non-hydrogen) atoms. The number of methoxy groups -OCH3 is 1. The highest BCUT2D eigenvalue weighted by atomic mass is 16.5. The number of imidazole rings is 1. The van der Waals surface area contributed by atoms with Crippen LogP contribution in [0.2, 0.25) is 0 Å². The summed E-state index contributed by atoms with van der Waals surface area (Å²) in [6.07, 6.45) is 2.42. The number of carbonyl (C=O) groups excluding carboxylic acids is 1. The van der Waals surface area contributed by atoms with Gasteiger partial charge in [0.25, 0.3) is 0 Å². The number of nitrogens with one attached hydrogen (secondary N) is 1. The Kier molecular flexibility index (Phi) is 4.80. The number of aromatic amines is 1. The minimum absolute atomic E-state index is 0.0455. The number of aliphatic hydroxyl groups is 1. The molecule has 0 spiro atoms. The van der Waals surface area contributed by atoms with Crippen molar-refractivity contribution in [2.24, 2.45) is 5.41 Å². The fourth-order valence-electron chi connectivity index (χ4n) is 3.85. The average molecular weight is 357 g/mol. The quantitative estimate of drug-likeness (QED) is 0.798. The van der Waals surface area contributed by atoms with Gasteiger partial charge in [-0.3, -0.25) is 4.79 Å². The second kappa shape index (κ2) is 6.76. The molecule has 1 saturated carbocycles. The number of H-pyrrole nitrogens is 1. The van der Waals surface area contributed by atoms with E-state index in [1.54, 1.807) is 18.3 Å². The Hall–Kier alpha value is -2.34. The normalized spacial score (nSPS) is 20.7. The lowest BCUT2D eigenvalue weighted by Crippen LogP contribution is -2.42. The molecule has 1 aliphatic rings. The number of aromatic nitrogens is 2. The SMILES string of the molecule is COc1ccc(C2(C(=O)N(CCO)Cc3nc[nH]c3C)CC2(C)C)cc1. The maximum Gasteiger partial charge on any atom is 0.234 e. The van der Waals surface area contributed by atoms with Crippen LogP contribution in [0.5, 0.6) is 5.75 Å². The summed E-state index contributed by atoms with van der Waals surface area (Å²) in [5.74, 6) is 0.818. The molecule has 1 heterocycles. The van der Waals surface area contributed by atoms with Gasteiger partial charge in [-0.15, -0.1) is 0 Å². The molecule has 1 aromatic heterocycles. The van der Waals surface area contributed by atoms with Crippen LogP contribution in [0.3, 0.4) is 0 Å². The van der Waals surface area contributed by atoms with Gasteiger partial charge in [-0.2, -0.15) is 0 Å². The largest absolute Gasteiger partial charge is 0.497 e. The highest BCUT2D eigenvalue weighted by Crippen LogP contribution is 2.65. The Morgan fingerprint density at radius 3 is 2.46 bits per heavy atom. The van der Waals surface area contributed by atoms with Gasteiger partial charge in [-0.05, 0) is 36.5 Å². The Bertz CT molecular complexity index is 782. The summed E-state index contributed by atoms with van der Waals surface area (Å²) in [6.45, 7) is 6.78. The van der Waals surface area contributed by atoms with Gasteiger partial charge in [-0.1, -0.05) is 26.0 Å². The molecule has 2 N–H and O–H groups in total. The highest BCUT2D eigenvalue weighted by molar-refractivity contribution is 5.93. The van der Waals surface area contributed by atoms with E-state index in [9.17, 15) is 9.90 Å². The lowest BCUT2D eigenvalue weighted by atomic mass is 9.86. The van der Waals surface area contributed by atoms with Crippen molar-refractivity contribution >= 4 is 5.91 Å². The molecular weight excluding hydrogens is 330 g/mol. The Morgan fingerprint density at radius 2 is 2.00 bits per heavy atom. The number of carbonyl (C=O) groups is 1. The van der Waals surface area contributed by atoms with Crippen molar-refractivity contribution in [1.82, 2.24) is 14.9 Å². The Morgan fingerprint density at radius 1 is 1.35 bits per heavy atom. The topological polar surface area (TPSA) is 78.4 Å². The van der Waals surface area contributed by atoms with Gasteiger partial charge in [0.05, 0.1) is 37.7 Å². The zero-order valence-corrected chi connectivity index (χ0v) is 15.9. The van der Waals surface area contributed by atoms with E-state index in [1.165, 1.54) is 0 Å². The summed E-state index contributed by atoms with van der Waals surface area (Å²) in [4.78, 5) is 22.6. The van der Waals surface area contributed by atoms with Crippen LogP contribution in [-0.4, -0.2) is 46.1 Å². The molecular formula is C20H27N3O3. The molecule has 0 aliphatic heterocycles. The van der Waals surface area contributed by atoms with E-state index >= 15 is 0 Å². The molecule has 1 aliphatic carbocycles. The summed E-state index contributed by atoms with van der Waals surface area (Å²) in [6, 6.07) is 7.74. The molecule has 6 heteroatoms. The van der Waals surface area contributed by atoms with E-state index in [-0.39, 0.29) is 17.9 Å². The van der Waals surface area contributed by atoms with Gasteiger partial charge in [0.2, 0.25) is 5.91 Å². The lowest BCUT2D eigenvalue weighted by Gasteiger charge is -2.29. The monoisotopic (exact) mass is 357 g/mol. The van der Waals surface area contributed by atoms with E-state index in [0.717, 1.165) is 29.1 Å². The molecule has 1 fully saturated rings. The van der Waals surface area contributed by atoms with Gasteiger partial charge < -0.3 is 19.7 Å². The zero-order valence-electron chi connectivity index (χ0n) is 15.9. The maximum atomic E-state index is 13.6. The van der Waals surface area contributed by atoms with Crippen LogP contribution in [0, 0.1) is 12.3 Å². The molecule has 1 unspecified atom stereocenters. The molecule has 0 bridgehead atoms. The van der Waals surface area contributed by atoms with Crippen LogP contribution in [0.4, 0.5) is 0 Å². The first kappa shape index (κ1) is 18.5. The second-order valence-corrected chi connectivity index (χ2v) is 7.62. The number of nitrogens with zero attached hydrogens (tertiary/aromatic N) is 2. The predicted molar refractivity (Wildman–Crippen MR) is 98.9 cm³/mol. The Balaban J connectivity index is 1.92. The van der Waals surface area contributed by atoms with Crippen LogP contribution >= 0.6 is 0 Å². The first-order valence-corrected chi connectivity index (χ1v) is 8.89. The minimum Gasteiger partial charge on any atom is -0.497 e.